The zero-order valence-electron chi connectivity index (χ0n) is 81.3. The second-order valence-corrected chi connectivity index (χ2v) is 26.3. The molecule has 0 aliphatic carbocycles. The maximum absolute atomic E-state index is 11.4. The number of hydrogen-bond donors (Lipinski definition) is 5. The fourth-order valence-electron chi connectivity index (χ4n) is 6.98. The molecule has 13 atom stereocenters. The minimum absolute atomic E-state index is 0.0280. The SMILES string of the molecule is CC.CC.COC(C)COC(=O)OC(C)COCCOCC(C)OC(=O)OCC(C)O.COC(C)COC(=O)OCCOC(C)COCCOC(=O)OCC(C)O.COC(C)COC(=O)OCCOC(C)COCCOC(=O)OCC(C)O.COCCOC(=O)OC(C)COCCOCC(C)OC(=O)OCCO.COCCOC(=O)OCCOC(C)COCCOC(=O)OCCO. The predicted molar refractivity (Wildman–Crippen MR) is 458 cm³/mol. The van der Waals surface area contributed by atoms with Gasteiger partial charge >= 0.3 is 61.6 Å². The summed E-state index contributed by atoms with van der Waals surface area (Å²) >= 11 is 0. The first-order valence-corrected chi connectivity index (χ1v) is 42.8. The Balaban J connectivity index is -0.000000293. The van der Waals surface area contributed by atoms with Gasteiger partial charge in [0.2, 0.25) is 0 Å². The maximum Gasteiger partial charge on any atom is 0.508 e. The summed E-state index contributed by atoms with van der Waals surface area (Å²) in [5.74, 6) is 0. The number of hydrogen-bond acceptors (Lipinski definition) is 50. The van der Waals surface area contributed by atoms with Crippen LogP contribution in [0.25, 0.3) is 0 Å². The molecule has 0 rings (SSSR count). The molecule has 0 bridgehead atoms. The van der Waals surface area contributed by atoms with Crippen molar-refractivity contribution in [2.45, 2.75) is 197 Å². The van der Waals surface area contributed by atoms with Gasteiger partial charge in [-0.05, 0) is 90.0 Å². The molecule has 0 aromatic carbocycles. The number of methoxy groups -OCH3 is 5. The van der Waals surface area contributed by atoms with Crippen LogP contribution in [0.4, 0.5) is 47.9 Å². The first-order valence-electron chi connectivity index (χ1n) is 42.8. The van der Waals surface area contributed by atoms with E-state index in [1.54, 1.807) is 69.2 Å². The lowest BCUT2D eigenvalue weighted by Gasteiger charge is -2.16. The Morgan fingerprint density at radius 2 is 0.356 bits per heavy atom. The third-order valence-corrected chi connectivity index (χ3v) is 13.3. The normalized spacial score (nSPS) is 13.4. The van der Waals surface area contributed by atoms with E-state index in [2.05, 4.69) is 28.4 Å². The molecular formula is C82H158O50. The Morgan fingerprint density at radius 3 is 0.583 bits per heavy atom. The van der Waals surface area contributed by atoms with Crippen LogP contribution in [0.5, 0.6) is 0 Å². The quantitative estimate of drug-likeness (QED) is 0.0234. The van der Waals surface area contributed by atoms with Crippen LogP contribution in [0.2, 0.25) is 0 Å². The number of aliphatic hydroxyl groups is 5. The molecular weight excluding hydrogens is 1780 g/mol. The molecule has 0 fully saturated rings. The van der Waals surface area contributed by atoms with Gasteiger partial charge in [0, 0.05) is 35.5 Å². The molecule has 0 saturated carbocycles. The number of rotatable bonds is 70. The molecule has 50 heteroatoms. The maximum atomic E-state index is 11.4. The smallest absolute Gasteiger partial charge is 0.432 e. The third kappa shape index (κ3) is 114. The van der Waals surface area contributed by atoms with Gasteiger partial charge in [-0.25, -0.2) is 47.9 Å². The summed E-state index contributed by atoms with van der Waals surface area (Å²) in [4.78, 5) is 112. The van der Waals surface area contributed by atoms with E-state index in [0.29, 0.717) is 13.2 Å². The molecule has 0 aromatic heterocycles. The number of carbonyl (C=O) groups excluding carboxylic acids is 10. The topological polar surface area (TPSA) is 595 Å². The molecule has 0 saturated heterocycles. The molecule has 0 spiro atoms. The van der Waals surface area contributed by atoms with Crippen molar-refractivity contribution in [1.29, 1.82) is 0 Å². The van der Waals surface area contributed by atoms with Crippen molar-refractivity contribution in [3.8, 4) is 0 Å². The van der Waals surface area contributed by atoms with Crippen LogP contribution in [-0.4, -0.2) is 446 Å². The standard InChI is InChI=1S/C17H32O10.2C16H30O10.C15H28O10.C14H26O10.2C2H6/c1-12(18)8-24-16(19)26-14(3)9-22-6-7-23-10-15(4)27-17(20)25-11-13(2)21-5;2*1-12(17)9-25-15(18)23-6-5-21-10-14(3)22-7-8-24-16(19)26-11-13(2)20-4;1-12(24-14(17)22-5-4-16)10-20-7-8-21-11-13(2)25-15(18)23-9-6-19-3;1-12(11-19-6-8-23-13(16)21-4-3-15)20-9-10-24-14(17)22-7-5-18-2;2*1-2/h12-15,18H,6-11H2,1-5H3;2*12-14,17H,5-11H2,1-4H3;12-13,16H,4-11H2,1-3H3;12,15H,3-11H2,1-2H3;2*1-2H3. The van der Waals surface area contributed by atoms with Gasteiger partial charge in [-0.15, -0.1) is 0 Å². The van der Waals surface area contributed by atoms with Crippen molar-refractivity contribution in [1.82, 2.24) is 0 Å². The molecule has 13 unspecified atom stereocenters. The van der Waals surface area contributed by atoms with Crippen LogP contribution >= 0.6 is 0 Å². The van der Waals surface area contributed by atoms with E-state index in [-0.39, 0.29) is 268 Å². The summed E-state index contributed by atoms with van der Waals surface area (Å²) in [7, 11) is 7.57. The van der Waals surface area contributed by atoms with E-state index in [4.69, 9.17) is 163 Å². The molecule has 5 N–H and O–H groups in total. The molecule has 0 amide bonds. The Morgan fingerprint density at radius 1 is 0.189 bits per heavy atom. The highest BCUT2D eigenvalue weighted by Crippen LogP contribution is 2.06. The van der Waals surface area contributed by atoms with E-state index in [1.165, 1.54) is 56.3 Å². The zero-order chi connectivity index (χ0) is 101. The molecule has 786 valence electrons. The number of ether oxygens (including phenoxy) is 35. The Labute approximate surface area is 775 Å². The van der Waals surface area contributed by atoms with Crippen molar-refractivity contribution in [2.75, 3.05) is 280 Å². The van der Waals surface area contributed by atoms with Crippen LogP contribution in [-0.2, 0) is 166 Å². The van der Waals surface area contributed by atoms with E-state index in [9.17, 15) is 47.9 Å². The van der Waals surface area contributed by atoms with E-state index in [1.807, 2.05) is 27.7 Å². The lowest BCUT2D eigenvalue weighted by atomic mass is 10.4. The van der Waals surface area contributed by atoms with Gasteiger partial charge in [-0.1, -0.05) is 27.7 Å². The lowest BCUT2D eigenvalue weighted by molar-refractivity contribution is -0.0458. The summed E-state index contributed by atoms with van der Waals surface area (Å²) in [6, 6.07) is 0. The molecule has 50 nitrogen and oxygen atoms in total. The summed E-state index contributed by atoms with van der Waals surface area (Å²) in [6.45, 7) is 34.0. The van der Waals surface area contributed by atoms with E-state index < -0.39 is 104 Å². The van der Waals surface area contributed by atoms with Crippen molar-refractivity contribution in [2.24, 2.45) is 0 Å². The van der Waals surface area contributed by atoms with Crippen molar-refractivity contribution in [3.05, 3.63) is 0 Å². The molecule has 132 heavy (non-hydrogen) atoms. The fourth-order valence-corrected chi connectivity index (χ4v) is 6.98. The fraction of sp³-hybridized carbons (Fsp3) is 0.878. The first kappa shape index (κ1) is 137. The first-order chi connectivity index (χ1) is 63.0. The molecule has 0 radical (unpaired) electrons. The molecule has 0 aliphatic rings. The summed E-state index contributed by atoms with van der Waals surface area (Å²) in [5.41, 5.74) is 0. The van der Waals surface area contributed by atoms with Crippen LogP contribution in [0, 0.1) is 0 Å². The predicted octanol–water partition coefficient (Wildman–Crippen LogP) is 6.93. The van der Waals surface area contributed by atoms with Crippen LogP contribution in [0.15, 0.2) is 0 Å². The number of carbonyl (C=O) groups is 10. The van der Waals surface area contributed by atoms with Gasteiger partial charge in [0.25, 0.3) is 0 Å². The summed E-state index contributed by atoms with van der Waals surface area (Å²) in [5, 5.41) is 43.8. The Hall–Kier alpha value is -8.10. The average Bonchev–Trinajstić information content (AvgIpc) is 0.969. The van der Waals surface area contributed by atoms with Crippen molar-refractivity contribution >= 4 is 61.6 Å². The van der Waals surface area contributed by atoms with Gasteiger partial charge in [-0.3, -0.25) is 0 Å². The number of aliphatic hydroxyl groups excluding tert-OH is 5. The Kier molecular flexibility index (Phi) is 107. The second kappa shape index (κ2) is 103. The minimum atomic E-state index is -0.860. The minimum Gasteiger partial charge on any atom is -0.432 e. The monoisotopic (exact) mass is 1940 g/mol. The zero-order valence-corrected chi connectivity index (χ0v) is 81.3. The van der Waals surface area contributed by atoms with E-state index >= 15 is 0 Å². The largest absolute Gasteiger partial charge is 0.508 e. The second-order valence-electron chi connectivity index (χ2n) is 26.3. The molecule has 0 aliphatic heterocycles. The van der Waals surface area contributed by atoms with Gasteiger partial charge in [0.05, 0.1) is 194 Å². The van der Waals surface area contributed by atoms with Crippen molar-refractivity contribution in [3.63, 3.8) is 0 Å². The Bertz CT molecular complexity index is 2550. The average molecular weight is 1940 g/mol. The highest BCUT2D eigenvalue weighted by atomic mass is 16.8. The molecule has 0 aromatic rings. The summed E-state index contributed by atoms with van der Waals surface area (Å²) < 4.78 is 173. The van der Waals surface area contributed by atoms with Crippen molar-refractivity contribution < 1.29 is 239 Å². The third-order valence-electron chi connectivity index (χ3n) is 13.3. The van der Waals surface area contributed by atoms with Crippen LogP contribution < -0.4 is 0 Å². The molecule has 0 heterocycles. The van der Waals surface area contributed by atoms with Gasteiger partial charge < -0.3 is 191 Å². The van der Waals surface area contributed by atoms with Crippen LogP contribution in [0.1, 0.15) is 118 Å². The van der Waals surface area contributed by atoms with Gasteiger partial charge in [0.15, 0.2) is 0 Å². The van der Waals surface area contributed by atoms with E-state index in [0.717, 1.165) is 0 Å². The lowest BCUT2D eigenvalue weighted by Crippen LogP contribution is -2.25. The highest BCUT2D eigenvalue weighted by Gasteiger charge is 2.19. The highest BCUT2D eigenvalue weighted by molar-refractivity contribution is 5.63. The van der Waals surface area contributed by atoms with Gasteiger partial charge in [-0.2, -0.15) is 0 Å². The summed E-state index contributed by atoms with van der Waals surface area (Å²) in [6.07, 6.45) is -13.6. The van der Waals surface area contributed by atoms with Gasteiger partial charge in [0.1, 0.15) is 130 Å². The van der Waals surface area contributed by atoms with Crippen LogP contribution in [0.3, 0.4) is 0 Å².